The highest BCUT2D eigenvalue weighted by molar-refractivity contribution is 6.06. The largest absolute Gasteiger partial charge is 0.343 e. The molecule has 0 atom stereocenters. The number of amides is 2. The van der Waals surface area contributed by atoms with Gasteiger partial charge in [-0.05, 0) is 38.0 Å². The minimum absolute atomic E-state index is 0.0135. The van der Waals surface area contributed by atoms with E-state index >= 15 is 0 Å². The fraction of sp³-hybridized carbons (Fsp3) is 0.421. The quantitative estimate of drug-likeness (QED) is 0.943. The summed E-state index contributed by atoms with van der Waals surface area (Å²) in [5.41, 5.74) is 2.41. The molecule has 1 N–H and O–H groups in total. The minimum Gasteiger partial charge on any atom is -0.343 e. The first-order valence-electron chi connectivity index (χ1n) is 8.56. The van der Waals surface area contributed by atoms with Gasteiger partial charge in [0.2, 0.25) is 5.91 Å². The van der Waals surface area contributed by atoms with Gasteiger partial charge < -0.3 is 10.2 Å². The van der Waals surface area contributed by atoms with Gasteiger partial charge in [0.1, 0.15) is 0 Å². The summed E-state index contributed by atoms with van der Waals surface area (Å²) in [6.07, 6.45) is 3.72. The van der Waals surface area contributed by atoms with Crippen molar-refractivity contribution in [2.45, 2.75) is 33.6 Å². The molecule has 1 saturated heterocycles. The highest BCUT2D eigenvalue weighted by Crippen LogP contribution is 2.18. The number of carbonyl (C=O) groups is 2. The van der Waals surface area contributed by atoms with Crippen LogP contribution in [0.15, 0.2) is 30.5 Å². The second-order valence-corrected chi connectivity index (χ2v) is 5.65. The van der Waals surface area contributed by atoms with Crippen molar-refractivity contribution in [3.63, 3.8) is 0 Å². The number of hydrogen-bond acceptors (Lipinski definition) is 3. The van der Waals surface area contributed by atoms with Crippen LogP contribution in [0, 0.1) is 6.92 Å². The third-order valence-electron chi connectivity index (χ3n) is 4.00. The van der Waals surface area contributed by atoms with E-state index in [4.69, 9.17) is 0 Å². The normalized spacial score (nSPS) is 13.4. The van der Waals surface area contributed by atoms with Gasteiger partial charge in [-0.1, -0.05) is 25.5 Å². The molecule has 5 nitrogen and oxygen atoms in total. The molecule has 128 valence electrons. The van der Waals surface area contributed by atoms with E-state index < -0.39 is 0 Å². The fourth-order valence-electron chi connectivity index (χ4n) is 2.79. The van der Waals surface area contributed by atoms with Crippen molar-refractivity contribution in [3.05, 3.63) is 41.6 Å². The van der Waals surface area contributed by atoms with Crippen LogP contribution in [0.4, 0.5) is 0 Å². The summed E-state index contributed by atoms with van der Waals surface area (Å²) in [6.45, 7) is 7.62. The van der Waals surface area contributed by atoms with Crippen LogP contribution in [0.25, 0.3) is 10.9 Å². The maximum Gasteiger partial charge on any atom is 0.252 e. The average Bonchev–Trinajstić information content (AvgIpc) is 3.15. The molecule has 1 aliphatic rings. The van der Waals surface area contributed by atoms with Crippen LogP contribution in [0.1, 0.15) is 42.6 Å². The topological polar surface area (TPSA) is 62.3 Å². The first kappa shape index (κ1) is 17.9. The molecular weight excluding hydrogens is 302 g/mol. The number of fused-ring (bicyclic) bond motifs is 1. The summed E-state index contributed by atoms with van der Waals surface area (Å²) in [7, 11) is 0. The zero-order chi connectivity index (χ0) is 17.5. The van der Waals surface area contributed by atoms with Crippen molar-refractivity contribution in [2.24, 2.45) is 0 Å². The summed E-state index contributed by atoms with van der Waals surface area (Å²) in [5.74, 6) is -0.245. The van der Waals surface area contributed by atoms with E-state index in [2.05, 4.69) is 10.3 Å². The Hall–Kier alpha value is -2.43. The van der Waals surface area contributed by atoms with Crippen LogP contribution < -0.4 is 5.32 Å². The van der Waals surface area contributed by atoms with Gasteiger partial charge in [0, 0.05) is 24.7 Å². The van der Waals surface area contributed by atoms with Crippen LogP contribution in [0.5, 0.6) is 0 Å². The Morgan fingerprint density at radius 3 is 2.58 bits per heavy atom. The van der Waals surface area contributed by atoms with E-state index in [1.54, 1.807) is 17.2 Å². The first-order chi connectivity index (χ1) is 11.6. The van der Waals surface area contributed by atoms with Crippen LogP contribution >= 0.6 is 0 Å². The molecule has 0 saturated carbocycles. The molecule has 0 radical (unpaired) electrons. The molecule has 0 unspecified atom stereocenters. The summed E-state index contributed by atoms with van der Waals surface area (Å²) in [4.78, 5) is 30.4. The first-order valence-corrected chi connectivity index (χ1v) is 8.56. The lowest BCUT2D eigenvalue weighted by molar-refractivity contribution is -0.129. The Morgan fingerprint density at radius 1 is 1.17 bits per heavy atom. The standard InChI is InChI=1S/C17H19N3O2.C2H6/c1-12-4-5-15-14(10-12)13(6-7-18-15)17(22)19-11-16(21)20-8-2-3-9-20;1-2/h4-7,10H,2-3,8-9,11H2,1H3,(H,19,22);1-2H3. The molecule has 24 heavy (non-hydrogen) atoms. The second kappa shape index (κ2) is 8.43. The number of nitrogens with one attached hydrogen (secondary N) is 1. The van der Waals surface area contributed by atoms with Gasteiger partial charge in [0.05, 0.1) is 17.6 Å². The molecule has 2 amide bonds. The van der Waals surface area contributed by atoms with Crippen molar-refractivity contribution >= 4 is 22.7 Å². The number of pyridine rings is 1. The number of benzene rings is 1. The maximum absolute atomic E-state index is 12.4. The van der Waals surface area contributed by atoms with Gasteiger partial charge in [-0.15, -0.1) is 0 Å². The van der Waals surface area contributed by atoms with Gasteiger partial charge in [0.25, 0.3) is 5.91 Å². The summed E-state index contributed by atoms with van der Waals surface area (Å²) in [5, 5.41) is 3.54. The van der Waals surface area contributed by atoms with Gasteiger partial charge in [0.15, 0.2) is 0 Å². The second-order valence-electron chi connectivity index (χ2n) is 5.65. The molecule has 1 aromatic carbocycles. The minimum atomic E-state index is -0.231. The summed E-state index contributed by atoms with van der Waals surface area (Å²) >= 11 is 0. The van der Waals surface area contributed by atoms with E-state index in [-0.39, 0.29) is 18.4 Å². The average molecular weight is 327 g/mol. The highest BCUT2D eigenvalue weighted by atomic mass is 16.2. The Kier molecular flexibility index (Phi) is 6.29. The molecule has 3 rings (SSSR count). The molecule has 0 aliphatic carbocycles. The molecule has 1 aliphatic heterocycles. The number of aryl methyl sites for hydroxylation is 1. The van der Waals surface area contributed by atoms with Gasteiger partial charge >= 0.3 is 0 Å². The molecule has 1 fully saturated rings. The summed E-state index contributed by atoms with van der Waals surface area (Å²) < 4.78 is 0. The number of likely N-dealkylation sites (tertiary alicyclic amines) is 1. The maximum atomic E-state index is 12.4. The van der Waals surface area contributed by atoms with E-state index in [9.17, 15) is 9.59 Å². The van der Waals surface area contributed by atoms with Crippen molar-refractivity contribution in [3.8, 4) is 0 Å². The molecule has 5 heteroatoms. The molecule has 2 heterocycles. The van der Waals surface area contributed by atoms with Crippen LogP contribution in [-0.4, -0.2) is 41.3 Å². The summed E-state index contributed by atoms with van der Waals surface area (Å²) in [6, 6.07) is 7.50. The van der Waals surface area contributed by atoms with Gasteiger partial charge in [-0.3, -0.25) is 14.6 Å². The van der Waals surface area contributed by atoms with Crippen molar-refractivity contribution in [1.29, 1.82) is 0 Å². The van der Waals surface area contributed by atoms with Gasteiger partial charge in [-0.25, -0.2) is 0 Å². The molecule has 2 aromatic rings. The number of aromatic nitrogens is 1. The predicted octanol–water partition coefficient (Wildman–Crippen LogP) is 2.92. The highest BCUT2D eigenvalue weighted by Gasteiger charge is 2.19. The Morgan fingerprint density at radius 2 is 1.88 bits per heavy atom. The predicted molar refractivity (Wildman–Crippen MR) is 96.0 cm³/mol. The van der Waals surface area contributed by atoms with Gasteiger partial charge in [-0.2, -0.15) is 0 Å². The van der Waals surface area contributed by atoms with E-state index in [0.29, 0.717) is 5.56 Å². The van der Waals surface area contributed by atoms with E-state index in [0.717, 1.165) is 42.4 Å². The fourth-order valence-corrected chi connectivity index (χ4v) is 2.79. The van der Waals surface area contributed by atoms with Crippen LogP contribution in [-0.2, 0) is 4.79 Å². The molecular formula is C19H25N3O2. The number of carbonyl (C=O) groups excluding carboxylic acids is 2. The van der Waals surface area contributed by atoms with Crippen molar-refractivity contribution in [2.75, 3.05) is 19.6 Å². The SMILES string of the molecule is CC.Cc1ccc2nccc(C(=O)NCC(=O)N3CCCC3)c2c1. The Bertz CT molecular complexity index is 722. The molecule has 1 aromatic heterocycles. The number of hydrogen-bond donors (Lipinski definition) is 1. The molecule has 0 spiro atoms. The lowest BCUT2D eigenvalue weighted by atomic mass is 10.1. The lowest BCUT2D eigenvalue weighted by Crippen LogP contribution is -2.38. The van der Waals surface area contributed by atoms with Crippen LogP contribution in [0.3, 0.4) is 0 Å². The third kappa shape index (κ3) is 4.10. The third-order valence-corrected chi connectivity index (χ3v) is 4.00. The Labute approximate surface area is 143 Å². The monoisotopic (exact) mass is 327 g/mol. The zero-order valence-electron chi connectivity index (χ0n) is 14.6. The Balaban J connectivity index is 0.00000100. The lowest BCUT2D eigenvalue weighted by Gasteiger charge is -2.15. The smallest absolute Gasteiger partial charge is 0.252 e. The van der Waals surface area contributed by atoms with Crippen LogP contribution in [0.2, 0.25) is 0 Å². The number of rotatable bonds is 3. The van der Waals surface area contributed by atoms with Crippen molar-refractivity contribution in [1.82, 2.24) is 15.2 Å². The molecule has 0 bridgehead atoms. The number of nitrogens with zero attached hydrogens (tertiary/aromatic N) is 2. The van der Waals surface area contributed by atoms with E-state index in [1.165, 1.54) is 0 Å². The van der Waals surface area contributed by atoms with Crippen molar-refractivity contribution < 1.29 is 9.59 Å². The van der Waals surface area contributed by atoms with E-state index in [1.807, 2.05) is 39.0 Å². The zero-order valence-corrected chi connectivity index (χ0v) is 14.6.